The van der Waals surface area contributed by atoms with Crippen LogP contribution in [-0.4, -0.2) is 21.7 Å². The van der Waals surface area contributed by atoms with Crippen molar-refractivity contribution in [3.8, 4) is 0 Å². The maximum atomic E-state index is 12.6. The molecule has 0 saturated heterocycles. The second-order valence-electron chi connectivity index (χ2n) is 12.6. The lowest BCUT2D eigenvalue weighted by Gasteiger charge is -2.23. The Morgan fingerprint density at radius 2 is 1.16 bits per heavy atom. The molecule has 4 N–H and O–H groups in total. The van der Waals surface area contributed by atoms with Crippen molar-refractivity contribution in [1.82, 2.24) is 0 Å². The van der Waals surface area contributed by atoms with Crippen LogP contribution in [0, 0.1) is 13.8 Å². The first kappa shape index (κ1) is 37.0. The highest BCUT2D eigenvalue weighted by atomic mass is 32.2. The van der Waals surface area contributed by atoms with Crippen LogP contribution in [0.4, 0.5) is 22.7 Å². The Labute approximate surface area is 299 Å². The molecule has 0 aliphatic heterocycles. The first-order valence-corrected chi connectivity index (χ1v) is 19.6. The van der Waals surface area contributed by atoms with E-state index in [0.717, 1.165) is 69.8 Å². The molecular formula is C41H46N2O5S2. The summed E-state index contributed by atoms with van der Waals surface area (Å²) >= 11 is -2.12. The van der Waals surface area contributed by atoms with E-state index in [2.05, 4.69) is 50.5 Å². The predicted molar refractivity (Wildman–Crippen MR) is 206 cm³/mol. The van der Waals surface area contributed by atoms with Crippen molar-refractivity contribution in [2.24, 2.45) is 0 Å². The minimum atomic E-state index is -4.51. The second-order valence-corrected chi connectivity index (χ2v) is 14.9. The van der Waals surface area contributed by atoms with E-state index in [4.69, 9.17) is 0 Å². The van der Waals surface area contributed by atoms with Crippen molar-refractivity contribution in [2.75, 3.05) is 10.6 Å². The molecule has 0 saturated carbocycles. The van der Waals surface area contributed by atoms with E-state index in [1.807, 2.05) is 68.4 Å². The summed E-state index contributed by atoms with van der Waals surface area (Å²) in [7, 11) is -4.51. The lowest BCUT2D eigenvalue weighted by Crippen LogP contribution is -2.11. The van der Waals surface area contributed by atoms with Gasteiger partial charge in [-0.15, -0.1) is 0 Å². The van der Waals surface area contributed by atoms with Gasteiger partial charge in [-0.25, -0.2) is 4.21 Å². The van der Waals surface area contributed by atoms with Gasteiger partial charge in [0.15, 0.2) is 11.1 Å². The Hall–Kier alpha value is -4.28. The van der Waals surface area contributed by atoms with Crippen molar-refractivity contribution in [2.45, 2.75) is 82.9 Å². The average molecular weight is 711 g/mol. The third-order valence-electron chi connectivity index (χ3n) is 9.30. The molecule has 9 heteroatoms. The van der Waals surface area contributed by atoms with Crippen LogP contribution in [0.25, 0.3) is 0 Å². The van der Waals surface area contributed by atoms with E-state index in [9.17, 15) is 21.7 Å². The maximum absolute atomic E-state index is 12.6. The van der Waals surface area contributed by atoms with Crippen molar-refractivity contribution >= 4 is 43.9 Å². The third kappa shape index (κ3) is 7.87. The Kier molecular flexibility index (Phi) is 11.6. The lowest BCUT2D eigenvalue weighted by atomic mass is 9.85. The summed E-state index contributed by atoms with van der Waals surface area (Å²) in [6.45, 7) is 12.3. The molecular weight excluding hydrogens is 665 g/mol. The number of nitrogens with one attached hydrogen (secondary N) is 2. The third-order valence-corrected chi connectivity index (χ3v) is 11.1. The molecule has 262 valence electrons. The summed E-state index contributed by atoms with van der Waals surface area (Å²) < 4.78 is 57.8. The van der Waals surface area contributed by atoms with Crippen LogP contribution < -0.4 is 10.6 Å². The van der Waals surface area contributed by atoms with Gasteiger partial charge in [0.2, 0.25) is 0 Å². The minimum Gasteiger partial charge on any atom is -0.355 e. The number of hydrogen-bond donors (Lipinski definition) is 4. The van der Waals surface area contributed by atoms with Crippen molar-refractivity contribution in [3.05, 3.63) is 141 Å². The van der Waals surface area contributed by atoms with Crippen LogP contribution in [0.3, 0.4) is 0 Å². The van der Waals surface area contributed by atoms with E-state index in [1.165, 1.54) is 22.8 Å². The molecule has 50 heavy (non-hydrogen) atoms. The zero-order valence-corrected chi connectivity index (χ0v) is 31.1. The zero-order chi connectivity index (χ0) is 36.2. The fourth-order valence-corrected chi connectivity index (χ4v) is 8.46. The van der Waals surface area contributed by atoms with Gasteiger partial charge in [0.05, 0.1) is 9.79 Å². The SMILES string of the molecule is CCc1cc(C)cc(CC)c1Nc1ccc(C(c2ccc(Nc3c(CC)cc(C)c(S(=O)O)c3CC)cc2)c2ccccc2S(=O)(=O)O)cc1. The van der Waals surface area contributed by atoms with Crippen molar-refractivity contribution < 1.29 is 21.7 Å². The predicted octanol–water partition coefficient (Wildman–Crippen LogP) is 10.0. The highest BCUT2D eigenvalue weighted by Gasteiger charge is 2.25. The maximum Gasteiger partial charge on any atom is 0.294 e. The number of hydrogen-bond acceptors (Lipinski definition) is 5. The Balaban J connectivity index is 1.56. The highest BCUT2D eigenvalue weighted by molar-refractivity contribution is 7.85. The lowest BCUT2D eigenvalue weighted by molar-refractivity contribution is 0.482. The average Bonchev–Trinajstić information content (AvgIpc) is 3.10. The van der Waals surface area contributed by atoms with Crippen molar-refractivity contribution in [3.63, 3.8) is 0 Å². The fraction of sp³-hybridized carbons (Fsp3) is 0.268. The van der Waals surface area contributed by atoms with E-state index in [-0.39, 0.29) is 4.90 Å². The van der Waals surface area contributed by atoms with Crippen LogP contribution in [0.15, 0.2) is 101 Å². The van der Waals surface area contributed by atoms with Gasteiger partial charge in [0, 0.05) is 28.7 Å². The molecule has 5 rings (SSSR count). The number of anilines is 4. The van der Waals surface area contributed by atoms with E-state index in [1.54, 1.807) is 18.2 Å². The van der Waals surface area contributed by atoms with Gasteiger partial charge in [0.25, 0.3) is 10.1 Å². The molecule has 2 unspecified atom stereocenters. The van der Waals surface area contributed by atoms with E-state index >= 15 is 0 Å². The first-order chi connectivity index (χ1) is 23.9. The summed E-state index contributed by atoms with van der Waals surface area (Å²) in [5.41, 5.74) is 12.2. The Bertz CT molecular complexity index is 2100. The van der Waals surface area contributed by atoms with Gasteiger partial charge < -0.3 is 15.2 Å². The highest BCUT2D eigenvalue weighted by Crippen LogP contribution is 2.39. The standard InChI is InChI=1S/C41H46N2O5S2/c1-7-28-23-26(5)24-29(8-2)39(28)42-33-19-15-31(16-20-33)38(36-13-11-12-14-37(36)50(46,47)48)32-17-21-34(22-18-32)43-40-30(9-3)25-27(6)41(49(44)45)35(40)10-4/h11-25,38,42-43H,7-10H2,1-6H3,(H,44,45)(H,46,47,48). The molecule has 0 aromatic heterocycles. The molecule has 2 atom stereocenters. The second kappa shape index (κ2) is 15.7. The van der Waals surface area contributed by atoms with Gasteiger partial charge in [0.1, 0.15) is 0 Å². The molecule has 0 aliphatic carbocycles. The Morgan fingerprint density at radius 1 is 0.680 bits per heavy atom. The van der Waals surface area contributed by atoms with Crippen LogP contribution in [-0.2, 0) is 46.9 Å². The molecule has 0 heterocycles. The molecule has 5 aromatic carbocycles. The number of rotatable bonds is 13. The summed E-state index contributed by atoms with van der Waals surface area (Å²) in [5.74, 6) is -0.506. The van der Waals surface area contributed by atoms with Crippen LogP contribution in [0.2, 0.25) is 0 Å². The topological polar surface area (TPSA) is 116 Å². The normalized spacial score (nSPS) is 12.8. The van der Waals surface area contributed by atoms with Crippen LogP contribution in [0.1, 0.15) is 83.7 Å². The van der Waals surface area contributed by atoms with Gasteiger partial charge in [-0.2, -0.15) is 8.42 Å². The molecule has 0 amide bonds. The van der Waals surface area contributed by atoms with Crippen LogP contribution in [0.5, 0.6) is 0 Å². The molecule has 0 spiro atoms. The number of benzene rings is 5. The van der Waals surface area contributed by atoms with Crippen LogP contribution >= 0.6 is 0 Å². The van der Waals surface area contributed by atoms with E-state index in [0.29, 0.717) is 16.9 Å². The minimum absolute atomic E-state index is 0.140. The summed E-state index contributed by atoms with van der Waals surface area (Å²) in [6.07, 6.45) is 3.13. The number of aryl methyl sites for hydroxylation is 5. The molecule has 0 bridgehead atoms. The largest absolute Gasteiger partial charge is 0.355 e. The smallest absolute Gasteiger partial charge is 0.294 e. The summed E-state index contributed by atoms with van der Waals surface area (Å²) in [5, 5.41) is 7.15. The molecule has 0 aliphatic rings. The Morgan fingerprint density at radius 3 is 1.62 bits per heavy atom. The monoisotopic (exact) mass is 710 g/mol. The van der Waals surface area contributed by atoms with E-state index < -0.39 is 27.1 Å². The van der Waals surface area contributed by atoms with Crippen molar-refractivity contribution in [1.29, 1.82) is 0 Å². The zero-order valence-electron chi connectivity index (χ0n) is 29.5. The molecule has 0 radical (unpaired) electrons. The fourth-order valence-electron chi connectivity index (χ4n) is 6.93. The van der Waals surface area contributed by atoms with Gasteiger partial charge in [-0.1, -0.05) is 93.9 Å². The summed E-state index contributed by atoms with van der Waals surface area (Å²) in [6, 6.07) is 28.7. The summed E-state index contributed by atoms with van der Waals surface area (Å²) in [4.78, 5) is 0.293. The first-order valence-electron chi connectivity index (χ1n) is 17.1. The molecule has 7 nitrogen and oxygen atoms in total. The van der Waals surface area contributed by atoms with Gasteiger partial charge in [-0.05, 0) is 114 Å². The van der Waals surface area contributed by atoms with Gasteiger partial charge >= 0.3 is 0 Å². The molecule has 5 aromatic rings. The van der Waals surface area contributed by atoms with Gasteiger partial charge in [-0.3, -0.25) is 4.55 Å². The molecule has 0 fully saturated rings. The quantitative estimate of drug-likeness (QED) is 0.0546.